The zero-order chi connectivity index (χ0) is 99.7. The van der Waals surface area contributed by atoms with Gasteiger partial charge in [-0.05, 0) is 250 Å². The average molecular weight is 1920 g/mol. The van der Waals surface area contributed by atoms with E-state index in [0.29, 0.717) is 0 Å². The molecule has 0 N–H and O–H groups in total. The summed E-state index contributed by atoms with van der Waals surface area (Å²) in [5.41, 5.74) is 40.9. The van der Waals surface area contributed by atoms with Gasteiger partial charge in [-0.15, -0.1) is 0 Å². The summed E-state index contributed by atoms with van der Waals surface area (Å²) < 4.78 is 25.6. The molecule has 7 nitrogen and oxygen atoms in total. The Labute approximate surface area is 869 Å². The molecule has 1 aliphatic carbocycles. The van der Waals surface area contributed by atoms with Gasteiger partial charge in [0.15, 0.2) is 0 Å². The van der Waals surface area contributed by atoms with Crippen molar-refractivity contribution >= 4 is 160 Å². The van der Waals surface area contributed by atoms with Crippen molar-refractivity contribution in [3.05, 3.63) is 563 Å². The van der Waals surface area contributed by atoms with Crippen molar-refractivity contribution in [3.8, 4) is 100 Å². The van der Waals surface area contributed by atoms with Crippen LogP contribution in [-0.4, -0.2) is 0 Å². The van der Waals surface area contributed by atoms with Crippen LogP contribution in [0, 0.1) is 0 Å². The number of rotatable bonds is 17. The summed E-state index contributed by atoms with van der Waals surface area (Å²) in [5, 5.41) is 14.0. The SMILES string of the molecule is CC1(C)c2cc(N(c3ccc(-c4ccccc4)cc3)c3ccc(-c4cccc5ccccc45)cc3)ccc2-c2c1ccc1c2oc2ccccc21.c1ccc(-c2ccc(N(c3ccc(-c4cccc5c4oc4ccccc45)cc3)c3ccc(-c4cccc5c4oc4ccccc45)c4ccccc34)cc2)cc1.c1ccc(-c2ccc(N(c3ccc(-c4ccccc4)cc3)c3ccc(-c4ccc5oc6ccccc6c5c4)cc3)cc2)cc1. The molecule has 0 bridgehead atoms. The molecule has 4 heterocycles. The first-order valence-electron chi connectivity index (χ1n) is 51.3. The lowest BCUT2D eigenvalue weighted by molar-refractivity contribution is 0.653. The van der Waals surface area contributed by atoms with Crippen LogP contribution >= 0.6 is 0 Å². The van der Waals surface area contributed by atoms with Crippen LogP contribution in [0.15, 0.2) is 570 Å². The molecule has 708 valence electrons. The summed E-state index contributed by atoms with van der Waals surface area (Å²) in [4.78, 5) is 7.08. The Balaban J connectivity index is 0.000000111. The number of nitrogens with zero attached hydrogens (tertiary/aromatic N) is 3. The summed E-state index contributed by atoms with van der Waals surface area (Å²) in [7, 11) is 0. The first-order valence-corrected chi connectivity index (χ1v) is 51.3. The van der Waals surface area contributed by atoms with Gasteiger partial charge in [0.1, 0.15) is 44.7 Å². The highest BCUT2D eigenvalue weighted by Crippen LogP contribution is 2.56. The highest BCUT2D eigenvalue weighted by atomic mass is 16.3. The molecule has 0 saturated carbocycles. The molecule has 150 heavy (non-hydrogen) atoms. The van der Waals surface area contributed by atoms with E-state index in [2.05, 4.69) is 538 Å². The molecule has 28 aromatic rings. The van der Waals surface area contributed by atoms with E-state index in [9.17, 15) is 0 Å². The molecule has 1 aliphatic rings. The predicted molar refractivity (Wildman–Crippen MR) is 629 cm³/mol. The molecule has 29 rings (SSSR count). The monoisotopic (exact) mass is 1920 g/mol. The Bertz CT molecular complexity index is 9840. The summed E-state index contributed by atoms with van der Waals surface area (Å²) in [6, 6.07) is 197. The van der Waals surface area contributed by atoms with E-state index in [1.54, 1.807) is 0 Å². The van der Waals surface area contributed by atoms with Crippen molar-refractivity contribution in [1.82, 2.24) is 0 Å². The van der Waals surface area contributed by atoms with Crippen LogP contribution < -0.4 is 14.7 Å². The third-order valence-corrected chi connectivity index (χ3v) is 30.1. The molecular formula is C143H97N3O4. The van der Waals surface area contributed by atoms with E-state index >= 15 is 0 Å². The van der Waals surface area contributed by atoms with Gasteiger partial charge in [0.05, 0.1) is 5.69 Å². The molecule has 0 aliphatic heterocycles. The third kappa shape index (κ3) is 16.2. The van der Waals surface area contributed by atoms with Gasteiger partial charge in [-0.3, -0.25) is 0 Å². The highest BCUT2D eigenvalue weighted by Gasteiger charge is 2.39. The number of fused-ring (bicyclic) bond motifs is 18. The second-order valence-electron chi connectivity index (χ2n) is 39.2. The van der Waals surface area contributed by atoms with Crippen LogP contribution in [0.3, 0.4) is 0 Å². The highest BCUT2D eigenvalue weighted by molar-refractivity contribution is 6.17. The zero-order valence-corrected chi connectivity index (χ0v) is 82.5. The van der Waals surface area contributed by atoms with Gasteiger partial charge in [0.25, 0.3) is 0 Å². The molecule has 4 aromatic heterocycles. The van der Waals surface area contributed by atoms with E-state index in [-0.39, 0.29) is 5.41 Å². The van der Waals surface area contributed by atoms with E-state index in [0.717, 1.165) is 167 Å². The van der Waals surface area contributed by atoms with Gasteiger partial charge >= 0.3 is 0 Å². The largest absolute Gasteiger partial charge is 0.456 e. The summed E-state index contributed by atoms with van der Waals surface area (Å²) >= 11 is 0. The van der Waals surface area contributed by atoms with Gasteiger partial charge in [0.2, 0.25) is 0 Å². The topological polar surface area (TPSA) is 62.3 Å². The Hall–Kier alpha value is -19.6. The lowest BCUT2D eigenvalue weighted by atomic mass is 9.82. The summed E-state index contributed by atoms with van der Waals surface area (Å²) in [6.45, 7) is 4.68. The van der Waals surface area contributed by atoms with E-state index in [1.165, 1.54) is 105 Å². The second-order valence-corrected chi connectivity index (χ2v) is 39.2. The number of anilines is 9. The Kier molecular flexibility index (Phi) is 22.5. The molecule has 0 radical (unpaired) electrons. The molecule has 24 aromatic carbocycles. The van der Waals surface area contributed by atoms with Crippen molar-refractivity contribution in [2.24, 2.45) is 0 Å². The lowest BCUT2D eigenvalue weighted by Crippen LogP contribution is -2.16. The maximum Gasteiger partial charge on any atom is 0.143 e. The van der Waals surface area contributed by atoms with Crippen LogP contribution in [-0.2, 0) is 5.41 Å². The number of hydrogen-bond donors (Lipinski definition) is 0. The first-order chi connectivity index (χ1) is 74.1. The van der Waals surface area contributed by atoms with Crippen molar-refractivity contribution in [1.29, 1.82) is 0 Å². The summed E-state index contributed by atoms with van der Waals surface area (Å²) in [6.07, 6.45) is 0. The van der Waals surface area contributed by atoms with Gasteiger partial charge in [-0.1, -0.05) is 426 Å². The minimum Gasteiger partial charge on any atom is -0.456 e. The number of benzene rings is 24. The Morgan fingerprint density at radius 2 is 0.460 bits per heavy atom. The Morgan fingerprint density at radius 1 is 0.153 bits per heavy atom. The Morgan fingerprint density at radius 3 is 0.940 bits per heavy atom. The van der Waals surface area contributed by atoms with E-state index in [1.807, 2.05) is 42.5 Å². The summed E-state index contributed by atoms with van der Waals surface area (Å²) in [5.74, 6) is 0. The number of furan rings is 4. The quantitative estimate of drug-likeness (QED) is 0.0900. The van der Waals surface area contributed by atoms with Gasteiger partial charge in [-0.2, -0.15) is 0 Å². The van der Waals surface area contributed by atoms with Crippen LogP contribution in [0.4, 0.5) is 51.2 Å². The van der Waals surface area contributed by atoms with Crippen molar-refractivity contribution in [2.75, 3.05) is 14.7 Å². The molecule has 0 atom stereocenters. The fourth-order valence-corrected chi connectivity index (χ4v) is 22.6. The van der Waals surface area contributed by atoms with Crippen LogP contribution in [0.2, 0.25) is 0 Å². The maximum absolute atomic E-state index is 6.57. The van der Waals surface area contributed by atoms with E-state index < -0.39 is 0 Å². The number of para-hydroxylation sites is 6. The molecule has 7 heteroatoms. The van der Waals surface area contributed by atoms with Crippen molar-refractivity contribution in [2.45, 2.75) is 19.3 Å². The van der Waals surface area contributed by atoms with Crippen molar-refractivity contribution in [3.63, 3.8) is 0 Å². The maximum atomic E-state index is 6.57. The first kappa shape index (κ1) is 89.3. The standard InChI is InChI=1S/C52H33NO2.C49H35NO.C42H29NO/c1-2-12-34(13-3-1)35-24-28-37(29-25-35)53(38-30-26-36(27-31-38)39-18-10-20-46-43-16-6-8-22-49(43)54-51(39)46)48-33-32-41(40-14-4-5-15-42(40)48)45-19-11-21-47-44-17-7-9-23-50(44)55-52(45)47;1-49(2)44-30-29-42-41-16-8-9-18-46(41)51-48(42)47(44)43-28-27-38(31-45(43)49)50(36-23-19-33(20-24-36)32-11-4-3-5-12-32)37-25-21-35(22-26-37)40-17-10-14-34-13-6-7-15-39(34)40;1-3-9-30(10-4-1)32-15-22-36(23-16-32)43(37-24-17-33(18-25-37)31-11-5-2-6-12-31)38-26-19-34(20-27-38)35-21-28-42-40(29-35)39-13-7-8-14-41(39)44-42/h1-33H;3-31H,1-2H3;1-29H. The minimum absolute atomic E-state index is 0.200. The fourth-order valence-electron chi connectivity index (χ4n) is 22.6. The average Bonchev–Trinajstić information content (AvgIpc) is 1.54. The van der Waals surface area contributed by atoms with E-state index in [4.69, 9.17) is 17.7 Å². The third-order valence-electron chi connectivity index (χ3n) is 30.1. The lowest BCUT2D eigenvalue weighted by Gasteiger charge is -2.28. The molecule has 0 saturated heterocycles. The fraction of sp³-hybridized carbons (Fsp3) is 0.0210. The molecule has 0 spiro atoms. The molecule has 0 amide bonds. The zero-order valence-electron chi connectivity index (χ0n) is 82.5. The van der Waals surface area contributed by atoms with Gasteiger partial charge in [0, 0.05) is 116 Å². The van der Waals surface area contributed by atoms with Crippen LogP contribution in [0.1, 0.15) is 25.0 Å². The molecule has 0 fully saturated rings. The molecular weight excluding hydrogens is 1820 g/mol. The van der Waals surface area contributed by atoms with Crippen LogP contribution in [0.25, 0.3) is 209 Å². The molecule has 0 unspecified atom stereocenters. The smallest absolute Gasteiger partial charge is 0.143 e. The predicted octanol–water partition coefficient (Wildman–Crippen LogP) is 41.0. The van der Waals surface area contributed by atoms with Crippen LogP contribution in [0.5, 0.6) is 0 Å². The second kappa shape index (κ2) is 37.9. The van der Waals surface area contributed by atoms with Gasteiger partial charge < -0.3 is 32.4 Å². The van der Waals surface area contributed by atoms with Crippen molar-refractivity contribution < 1.29 is 17.7 Å². The van der Waals surface area contributed by atoms with Gasteiger partial charge in [-0.25, -0.2) is 0 Å². The normalized spacial score (nSPS) is 12.0. The number of hydrogen-bond acceptors (Lipinski definition) is 7. The minimum atomic E-state index is -0.200.